The Balaban J connectivity index is 1.92. The van der Waals surface area contributed by atoms with Crippen LogP contribution in [-0.2, 0) is 19.6 Å². The largest absolute Gasteiger partial charge is 0.345 e. The van der Waals surface area contributed by atoms with Crippen molar-refractivity contribution in [2.24, 2.45) is 5.14 Å². The van der Waals surface area contributed by atoms with Crippen molar-refractivity contribution in [3.05, 3.63) is 24.3 Å². The van der Waals surface area contributed by atoms with Crippen molar-refractivity contribution in [2.45, 2.75) is 43.0 Å². The van der Waals surface area contributed by atoms with E-state index in [1.807, 2.05) is 0 Å². The third-order valence-corrected chi connectivity index (χ3v) is 4.52. The summed E-state index contributed by atoms with van der Waals surface area (Å²) in [5.41, 5.74) is 0.330. The molecule has 1 aliphatic rings. The fraction of sp³-hybridized carbons (Fsp3) is 0.429. The summed E-state index contributed by atoms with van der Waals surface area (Å²) in [6, 6.07) is 5.35. The number of sulfonamides is 1. The van der Waals surface area contributed by atoms with Crippen LogP contribution in [0.4, 0.5) is 5.69 Å². The Hall–Kier alpha value is -1.93. The third kappa shape index (κ3) is 4.54. The van der Waals surface area contributed by atoms with Crippen molar-refractivity contribution in [3.63, 3.8) is 0 Å². The van der Waals surface area contributed by atoms with Crippen LogP contribution in [-0.4, -0.2) is 26.3 Å². The lowest BCUT2D eigenvalue weighted by molar-refractivity contribution is -0.136. The van der Waals surface area contributed by atoms with Gasteiger partial charge in [-0.3, -0.25) is 9.59 Å². The summed E-state index contributed by atoms with van der Waals surface area (Å²) in [4.78, 5) is 23.5. The molecule has 1 aromatic rings. The average Bonchev–Trinajstić information content (AvgIpc) is 2.48. The molecule has 8 heteroatoms. The molecule has 7 nitrogen and oxygen atoms in total. The van der Waals surface area contributed by atoms with E-state index in [-0.39, 0.29) is 10.9 Å². The zero-order valence-electron chi connectivity index (χ0n) is 12.0. The van der Waals surface area contributed by atoms with Gasteiger partial charge >= 0.3 is 11.8 Å². The predicted molar refractivity (Wildman–Crippen MR) is 81.5 cm³/mol. The zero-order chi connectivity index (χ0) is 16.2. The van der Waals surface area contributed by atoms with Crippen molar-refractivity contribution < 1.29 is 18.0 Å². The molecule has 2 rings (SSSR count). The van der Waals surface area contributed by atoms with Gasteiger partial charge in [0.25, 0.3) is 0 Å². The fourth-order valence-corrected chi connectivity index (χ4v) is 2.93. The van der Waals surface area contributed by atoms with E-state index in [4.69, 9.17) is 5.14 Å². The molecule has 4 N–H and O–H groups in total. The number of rotatable bonds is 3. The number of carbonyl (C=O) groups excluding carboxylic acids is 2. The van der Waals surface area contributed by atoms with Gasteiger partial charge < -0.3 is 10.6 Å². The molecule has 0 atom stereocenters. The van der Waals surface area contributed by atoms with Crippen LogP contribution in [0, 0.1) is 0 Å². The average molecular weight is 325 g/mol. The van der Waals surface area contributed by atoms with Crippen LogP contribution >= 0.6 is 0 Å². The molecule has 0 aliphatic heterocycles. The minimum atomic E-state index is -3.78. The van der Waals surface area contributed by atoms with Crippen LogP contribution in [0.1, 0.15) is 32.1 Å². The fourth-order valence-electron chi connectivity index (χ4n) is 2.41. The first-order chi connectivity index (χ1) is 10.4. The van der Waals surface area contributed by atoms with E-state index in [2.05, 4.69) is 10.6 Å². The maximum Gasteiger partial charge on any atom is 0.313 e. The molecule has 1 fully saturated rings. The second-order valence-corrected chi connectivity index (χ2v) is 6.89. The summed E-state index contributed by atoms with van der Waals surface area (Å²) in [5, 5.41) is 10.1. The van der Waals surface area contributed by atoms with Gasteiger partial charge in [0.1, 0.15) is 0 Å². The molecule has 0 aromatic heterocycles. The SMILES string of the molecule is NS(=O)(=O)c1ccc(NC(=O)C(=O)NC2CCCCC2)cc1. The molecule has 2 amide bonds. The second kappa shape index (κ2) is 6.89. The molecule has 1 aromatic carbocycles. The number of hydrogen-bond acceptors (Lipinski definition) is 4. The summed E-state index contributed by atoms with van der Waals surface area (Å²) in [6.07, 6.45) is 5.06. The van der Waals surface area contributed by atoms with Gasteiger partial charge in [0, 0.05) is 11.7 Å². The molecule has 0 bridgehead atoms. The Morgan fingerprint density at radius 1 is 1.00 bits per heavy atom. The van der Waals surface area contributed by atoms with Gasteiger partial charge in [0.2, 0.25) is 10.0 Å². The van der Waals surface area contributed by atoms with E-state index in [9.17, 15) is 18.0 Å². The topological polar surface area (TPSA) is 118 Å². The number of nitrogens with one attached hydrogen (secondary N) is 2. The van der Waals surface area contributed by atoms with Crippen LogP contribution in [0.3, 0.4) is 0 Å². The van der Waals surface area contributed by atoms with Crippen LogP contribution < -0.4 is 15.8 Å². The van der Waals surface area contributed by atoms with Gasteiger partial charge in [-0.05, 0) is 37.1 Å². The lowest BCUT2D eigenvalue weighted by Gasteiger charge is -2.22. The van der Waals surface area contributed by atoms with E-state index in [0.29, 0.717) is 5.69 Å². The lowest BCUT2D eigenvalue weighted by Crippen LogP contribution is -2.42. The maximum absolute atomic E-state index is 11.8. The molecule has 0 spiro atoms. The molecule has 120 valence electrons. The second-order valence-electron chi connectivity index (χ2n) is 5.33. The smallest absolute Gasteiger partial charge is 0.313 e. The quantitative estimate of drug-likeness (QED) is 0.710. The van der Waals surface area contributed by atoms with Gasteiger partial charge in [-0.15, -0.1) is 0 Å². The van der Waals surface area contributed by atoms with Crippen molar-refractivity contribution in [3.8, 4) is 0 Å². The molecule has 0 radical (unpaired) electrons. The van der Waals surface area contributed by atoms with Crippen molar-refractivity contribution in [2.75, 3.05) is 5.32 Å². The molecule has 1 saturated carbocycles. The highest BCUT2D eigenvalue weighted by molar-refractivity contribution is 7.89. The van der Waals surface area contributed by atoms with E-state index >= 15 is 0 Å². The van der Waals surface area contributed by atoms with E-state index in [1.165, 1.54) is 24.3 Å². The number of hydrogen-bond donors (Lipinski definition) is 3. The van der Waals surface area contributed by atoms with Gasteiger partial charge in [0.05, 0.1) is 4.90 Å². The minimum Gasteiger partial charge on any atom is -0.345 e. The summed E-state index contributed by atoms with van der Waals surface area (Å²) < 4.78 is 22.2. The Morgan fingerprint density at radius 3 is 2.14 bits per heavy atom. The molecule has 22 heavy (non-hydrogen) atoms. The summed E-state index contributed by atoms with van der Waals surface area (Å²) in [6.45, 7) is 0. The van der Waals surface area contributed by atoms with Crippen molar-refractivity contribution in [1.82, 2.24) is 5.32 Å². The zero-order valence-corrected chi connectivity index (χ0v) is 12.9. The Labute approximate surface area is 129 Å². The Kier molecular flexibility index (Phi) is 5.15. The van der Waals surface area contributed by atoms with Crippen LogP contribution in [0.15, 0.2) is 29.2 Å². The predicted octanol–water partition coefficient (Wildman–Crippen LogP) is 0.721. The standard InChI is InChI=1S/C14H19N3O4S/c15-22(20,21)12-8-6-11(7-9-12)17-14(19)13(18)16-10-4-2-1-3-5-10/h6-10H,1-5H2,(H,16,18)(H,17,19)(H2,15,20,21). The van der Waals surface area contributed by atoms with Crippen LogP contribution in [0.25, 0.3) is 0 Å². The number of carbonyl (C=O) groups is 2. The van der Waals surface area contributed by atoms with E-state index in [1.54, 1.807) is 0 Å². The number of anilines is 1. The normalized spacial score (nSPS) is 16.0. The van der Waals surface area contributed by atoms with Gasteiger partial charge in [-0.2, -0.15) is 0 Å². The van der Waals surface area contributed by atoms with Crippen molar-refractivity contribution >= 4 is 27.5 Å². The maximum atomic E-state index is 11.8. The minimum absolute atomic E-state index is 0.0526. The molecular formula is C14H19N3O4S. The monoisotopic (exact) mass is 325 g/mol. The molecule has 1 aliphatic carbocycles. The molecule has 0 unspecified atom stereocenters. The van der Waals surface area contributed by atoms with Gasteiger partial charge in [-0.1, -0.05) is 19.3 Å². The first-order valence-electron chi connectivity index (χ1n) is 7.11. The molecule has 0 saturated heterocycles. The molecule has 0 heterocycles. The third-order valence-electron chi connectivity index (χ3n) is 3.59. The van der Waals surface area contributed by atoms with Gasteiger partial charge in [0.15, 0.2) is 0 Å². The van der Waals surface area contributed by atoms with E-state index < -0.39 is 21.8 Å². The highest BCUT2D eigenvalue weighted by atomic mass is 32.2. The van der Waals surface area contributed by atoms with Crippen molar-refractivity contribution in [1.29, 1.82) is 0 Å². The van der Waals surface area contributed by atoms with E-state index in [0.717, 1.165) is 32.1 Å². The summed E-state index contributed by atoms with van der Waals surface area (Å²) in [7, 11) is -3.78. The highest BCUT2D eigenvalue weighted by Gasteiger charge is 2.20. The highest BCUT2D eigenvalue weighted by Crippen LogP contribution is 2.17. The number of primary sulfonamides is 1. The number of benzene rings is 1. The van der Waals surface area contributed by atoms with Crippen LogP contribution in [0.2, 0.25) is 0 Å². The lowest BCUT2D eigenvalue weighted by atomic mass is 9.95. The number of amides is 2. The Bertz CT molecular complexity index is 649. The van der Waals surface area contributed by atoms with Crippen LogP contribution in [0.5, 0.6) is 0 Å². The Morgan fingerprint density at radius 2 is 1.59 bits per heavy atom. The first kappa shape index (κ1) is 16.4. The summed E-state index contributed by atoms with van der Waals surface area (Å²) in [5.74, 6) is -1.45. The molecular weight excluding hydrogens is 306 g/mol. The van der Waals surface area contributed by atoms with Gasteiger partial charge in [-0.25, -0.2) is 13.6 Å². The summed E-state index contributed by atoms with van der Waals surface area (Å²) >= 11 is 0. The number of nitrogens with two attached hydrogens (primary N) is 1. The first-order valence-corrected chi connectivity index (χ1v) is 8.65.